The molecular formula is C13H14F2N2O3. The summed E-state index contributed by atoms with van der Waals surface area (Å²) in [7, 11) is 0. The molecule has 0 aromatic heterocycles. The summed E-state index contributed by atoms with van der Waals surface area (Å²) in [4.78, 5) is 22.6. The third-order valence-electron chi connectivity index (χ3n) is 3.47. The average Bonchev–Trinajstić information content (AvgIpc) is 2.46. The molecule has 1 fully saturated rings. The van der Waals surface area contributed by atoms with Crippen molar-refractivity contribution >= 4 is 17.7 Å². The van der Waals surface area contributed by atoms with Crippen molar-refractivity contribution in [3.63, 3.8) is 0 Å². The van der Waals surface area contributed by atoms with E-state index >= 15 is 0 Å². The van der Waals surface area contributed by atoms with E-state index in [4.69, 9.17) is 0 Å². The number of aldehydes is 1. The second-order valence-corrected chi connectivity index (χ2v) is 4.69. The van der Waals surface area contributed by atoms with Gasteiger partial charge < -0.3 is 9.69 Å². The maximum absolute atomic E-state index is 13.1. The van der Waals surface area contributed by atoms with Crippen molar-refractivity contribution in [3.8, 4) is 0 Å². The average molecular weight is 284 g/mol. The summed E-state index contributed by atoms with van der Waals surface area (Å²) >= 11 is 0. The quantitative estimate of drug-likeness (QED) is 0.484. The van der Waals surface area contributed by atoms with E-state index in [1.165, 1.54) is 12.1 Å². The van der Waals surface area contributed by atoms with Crippen LogP contribution in [0.15, 0.2) is 18.2 Å². The minimum Gasteiger partial charge on any atom is -0.361 e. The van der Waals surface area contributed by atoms with Crippen molar-refractivity contribution in [1.82, 2.24) is 0 Å². The van der Waals surface area contributed by atoms with Gasteiger partial charge >= 0.3 is 0 Å². The molecule has 20 heavy (non-hydrogen) atoms. The molecule has 1 heterocycles. The molecule has 1 aliphatic heterocycles. The van der Waals surface area contributed by atoms with E-state index < -0.39 is 23.0 Å². The zero-order valence-corrected chi connectivity index (χ0v) is 10.7. The molecule has 1 aliphatic rings. The van der Waals surface area contributed by atoms with E-state index in [9.17, 15) is 23.7 Å². The number of anilines is 1. The first kappa shape index (κ1) is 14.4. The Hall–Kier alpha value is -2.05. The number of hydrogen-bond donors (Lipinski definition) is 0. The van der Waals surface area contributed by atoms with Crippen LogP contribution in [0.25, 0.3) is 0 Å². The van der Waals surface area contributed by atoms with Crippen LogP contribution in [0.3, 0.4) is 0 Å². The van der Waals surface area contributed by atoms with Gasteiger partial charge in [-0.1, -0.05) is 0 Å². The molecule has 0 saturated carbocycles. The molecule has 1 atom stereocenters. The Kier molecular flexibility index (Phi) is 4.26. The molecule has 1 aromatic carbocycles. The number of carbonyl (C=O) groups excluding carboxylic acids is 1. The summed E-state index contributed by atoms with van der Waals surface area (Å²) in [6, 6.07) is 2.94. The van der Waals surface area contributed by atoms with Gasteiger partial charge in [0, 0.05) is 29.9 Å². The lowest BCUT2D eigenvalue weighted by molar-refractivity contribution is -0.385. The predicted octanol–water partition coefficient (Wildman–Crippen LogP) is 3.09. The van der Waals surface area contributed by atoms with Gasteiger partial charge in [-0.25, -0.2) is 8.78 Å². The molecule has 1 aromatic rings. The first-order valence-electron chi connectivity index (χ1n) is 6.33. The van der Waals surface area contributed by atoms with E-state index in [-0.39, 0.29) is 11.4 Å². The summed E-state index contributed by atoms with van der Waals surface area (Å²) < 4.78 is 26.2. The highest BCUT2D eigenvalue weighted by atomic mass is 19.3. The number of nitro groups is 1. The van der Waals surface area contributed by atoms with Gasteiger partial charge in [0.1, 0.15) is 6.29 Å². The van der Waals surface area contributed by atoms with Crippen molar-refractivity contribution in [2.75, 3.05) is 11.4 Å². The number of non-ortho nitro benzene ring substituents is 1. The number of benzene rings is 1. The Morgan fingerprint density at radius 2 is 2.15 bits per heavy atom. The Labute approximate surface area is 114 Å². The lowest BCUT2D eigenvalue weighted by Crippen LogP contribution is -2.41. The summed E-state index contributed by atoms with van der Waals surface area (Å²) in [6.45, 7) is 0.501. The number of rotatable bonds is 4. The van der Waals surface area contributed by atoms with E-state index in [1.807, 2.05) is 0 Å². The molecule has 7 heteroatoms. The lowest BCUT2D eigenvalue weighted by Gasteiger charge is -2.35. The minimum absolute atomic E-state index is 0.211. The van der Waals surface area contributed by atoms with Crippen LogP contribution in [0.5, 0.6) is 0 Å². The van der Waals surface area contributed by atoms with Crippen LogP contribution in [0, 0.1) is 10.1 Å². The second-order valence-electron chi connectivity index (χ2n) is 4.69. The smallest absolute Gasteiger partial charge is 0.270 e. The molecule has 0 bridgehead atoms. The van der Waals surface area contributed by atoms with Crippen LogP contribution < -0.4 is 4.90 Å². The van der Waals surface area contributed by atoms with Gasteiger partial charge in [-0.15, -0.1) is 0 Å². The third-order valence-corrected chi connectivity index (χ3v) is 3.47. The molecule has 0 N–H and O–H groups in total. The van der Waals surface area contributed by atoms with Gasteiger partial charge in [-0.05, 0) is 25.3 Å². The highest BCUT2D eigenvalue weighted by molar-refractivity contribution is 5.69. The fourth-order valence-electron chi connectivity index (χ4n) is 2.49. The van der Waals surface area contributed by atoms with Crippen molar-refractivity contribution in [1.29, 1.82) is 0 Å². The monoisotopic (exact) mass is 284 g/mol. The SMILES string of the molecule is O=CC1CCCCN1c1ccc([N+](=O)[O-])cc1C(F)F. The summed E-state index contributed by atoms with van der Waals surface area (Å²) in [5, 5.41) is 10.7. The van der Waals surface area contributed by atoms with E-state index in [2.05, 4.69) is 0 Å². The maximum Gasteiger partial charge on any atom is 0.270 e. The van der Waals surface area contributed by atoms with E-state index in [0.29, 0.717) is 13.0 Å². The number of hydrogen-bond acceptors (Lipinski definition) is 4. The normalized spacial score (nSPS) is 19.1. The highest BCUT2D eigenvalue weighted by Gasteiger charge is 2.27. The highest BCUT2D eigenvalue weighted by Crippen LogP contribution is 2.35. The van der Waals surface area contributed by atoms with Crippen molar-refractivity contribution in [2.24, 2.45) is 0 Å². The van der Waals surface area contributed by atoms with E-state index in [1.54, 1.807) is 4.90 Å². The van der Waals surface area contributed by atoms with Gasteiger partial charge in [0.25, 0.3) is 12.1 Å². The molecule has 0 radical (unpaired) electrons. The van der Waals surface area contributed by atoms with Crippen molar-refractivity contribution in [3.05, 3.63) is 33.9 Å². The molecular weight excluding hydrogens is 270 g/mol. The number of alkyl halides is 2. The van der Waals surface area contributed by atoms with Gasteiger partial charge in [0.15, 0.2) is 0 Å². The predicted molar refractivity (Wildman–Crippen MR) is 69.1 cm³/mol. The zero-order chi connectivity index (χ0) is 14.7. The van der Waals surface area contributed by atoms with Gasteiger partial charge in [0.2, 0.25) is 0 Å². The van der Waals surface area contributed by atoms with Crippen LogP contribution in [0.4, 0.5) is 20.2 Å². The summed E-state index contributed by atoms with van der Waals surface area (Å²) in [5.74, 6) is 0. The molecule has 2 rings (SSSR count). The lowest BCUT2D eigenvalue weighted by atomic mass is 10.0. The number of halogens is 2. The van der Waals surface area contributed by atoms with Gasteiger partial charge in [-0.3, -0.25) is 10.1 Å². The Bertz CT molecular complexity index is 522. The van der Waals surface area contributed by atoms with Gasteiger partial charge in [-0.2, -0.15) is 0 Å². The Morgan fingerprint density at radius 3 is 2.75 bits per heavy atom. The van der Waals surface area contributed by atoms with Crippen LogP contribution >= 0.6 is 0 Å². The van der Waals surface area contributed by atoms with Crippen LogP contribution in [-0.4, -0.2) is 23.8 Å². The molecule has 5 nitrogen and oxygen atoms in total. The number of carbonyl (C=O) groups is 1. The van der Waals surface area contributed by atoms with Crippen molar-refractivity contribution in [2.45, 2.75) is 31.7 Å². The molecule has 0 aliphatic carbocycles. The molecule has 0 amide bonds. The Morgan fingerprint density at radius 1 is 1.40 bits per heavy atom. The third kappa shape index (κ3) is 2.76. The van der Waals surface area contributed by atoms with Gasteiger partial charge in [0.05, 0.1) is 11.0 Å². The maximum atomic E-state index is 13.1. The number of piperidine rings is 1. The van der Waals surface area contributed by atoms with Crippen LogP contribution in [0.1, 0.15) is 31.3 Å². The van der Waals surface area contributed by atoms with Crippen LogP contribution in [-0.2, 0) is 4.79 Å². The fourth-order valence-corrected chi connectivity index (χ4v) is 2.49. The fraction of sp³-hybridized carbons (Fsp3) is 0.462. The van der Waals surface area contributed by atoms with Crippen molar-refractivity contribution < 1.29 is 18.5 Å². The second kappa shape index (κ2) is 5.94. The number of nitrogens with zero attached hydrogens (tertiary/aromatic N) is 2. The Balaban J connectivity index is 2.44. The number of nitro benzene ring substituents is 1. The molecule has 0 spiro atoms. The molecule has 1 saturated heterocycles. The summed E-state index contributed by atoms with van der Waals surface area (Å²) in [6.07, 6.45) is 0.221. The standard InChI is InChI=1S/C13H14F2N2O3/c14-13(15)11-7-9(17(19)20)4-5-12(11)16-6-2-1-3-10(16)8-18/h4-5,7-8,10,13H,1-3,6H2. The zero-order valence-electron chi connectivity index (χ0n) is 10.7. The largest absolute Gasteiger partial charge is 0.361 e. The molecule has 1 unspecified atom stereocenters. The summed E-state index contributed by atoms with van der Waals surface area (Å²) in [5.41, 5.74) is -0.556. The van der Waals surface area contributed by atoms with E-state index in [0.717, 1.165) is 25.2 Å². The first-order valence-corrected chi connectivity index (χ1v) is 6.33. The topological polar surface area (TPSA) is 63.5 Å². The first-order chi connectivity index (χ1) is 9.54. The minimum atomic E-state index is -2.82. The van der Waals surface area contributed by atoms with Crippen LogP contribution in [0.2, 0.25) is 0 Å². The molecule has 108 valence electrons.